The standard InChI is InChI=1S/C11H14N2O4/c1-6(14)17-8-5-4-7(11(12)13)9(15-2)10(8)16-3/h4-5H,1-3H3,(H3,12,13). The van der Waals surface area contributed by atoms with E-state index in [-0.39, 0.29) is 23.1 Å². The molecule has 0 spiro atoms. The molecule has 0 radical (unpaired) electrons. The van der Waals surface area contributed by atoms with Crippen LogP contribution in [0.1, 0.15) is 12.5 Å². The summed E-state index contributed by atoms with van der Waals surface area (Å²) < 4.78 is 15.2. The molecule has 0 aromatic heterocycles. The number of hydrogen-bond donors (Lipinski definition) is 2. The minimum atomic E-state index is -0.471. The molecule has 0 amide bonds. The summed E-state index contributed by atoms with van der Waals surface area (Å²) in [5.41, 5.74) is 5.78. The van der Waals surface area contributed by atoms with E-state index in [4.69, 9.17) is 25.4 Å². The summed E-state index contributed by atoms with van der Waals surface area (Å²) in [5.74, 6) is 0.0893. The highest BCUT2D eigenvalue weighted by atomic mass is 16.6. The largest absolute Gasteiger partial charge is 0.492 e. The summed E-state index contributed by atoms with van der Waals surface area (Å²) in [6.45, 7) is 1.28. The number of esters is 1. The van der Waals surface area contributed by atoms with E-state index in [0.29, 0.717) is 5.56 Å². The van der Waals surface area contributed by atoms with Gasteiger partial charge in [0.2, 0.25) is 5.75 Å². The number of benzene rings is 1. The van der Waals surface area contributed by atoms with E-state index in [1.807, 2.05) is 0 Å². The Bertz CT molecular complexity index is 457. The summed E-state index contributed by atoms with van der Waals surface area (Å²) in [7, 11) is 2.83. The van der Waals surface area contributed by atoms with E-state index >= 15 is 0 Å². The quantitative estimate of drug-likeness (QED) is 0.352. The number of hydrogen-bond acceptors (Lipinski definition) is 5. The molecule has 0 unspecified atom stereocenters. The lowest BCUT2D eigenvalue weighted by molar-refractivity contribution is -0.132. The zero-order valence-electron chi connectivity index (χ0n) is 9.87. The van der Waals surface area contributed by atoms with Crippen molar-refractivity contribution in [2.45, 2.75) is 6.92 Å². The summed E-state index contributed by atoms with van der Waals surface area (Å²) in [5, 5.41) is 7.40. The van der Waals surface area contributed by atoms with Gasteiger partial charge in [0.05, 0.1) is 19.8 Å². The predicted molar refractivity (Wildman–Crippen MR) is 61.9 cm³/mol. The van der Waals surface area contributed by atoms with Crippen LogP contribution in [0.2, 0.25) is 0 Å². The van der Waals surface area contributed by atoms with Crippen LogP contribution in [0.5, 0.6) is 17.2 Å². The van der Waals surface area contributed by atoms with Crippen molar-refractivity contribution in [3.63, 3.8) is 0 Å². The van der Waals surface area contributed by atoms with Crippen molar-refractivity contribution in [2.75, 3.05) is 14.2 Å². The molecule has 0 aliphatic carbocycles. The van der Waals surface area contributed by atoms with Gasteiger partial charge in [-0.15, -0.1) is 0 Å². The summed E-state index contributed by atoms with van der Waals surface area (Å²) in [4.78, 5) is 10.9. The van der Waals surface area contributed by atoms with Crippen molar-refractivity contribution < 1.29 is 19.0 Å². The van der Waals surface area contributed by atoms with E-state index in [1.54, 1.807) is 0 Å². The third-order valence-electron chi connectivity index (χ3n) is 2.03. The number of carbonyl (C=O) groups excluding carboxylic acids is 1. The van der Waals surface area contributed by atoms with Crippen LogP contribution < -0.4 is 19.9 Å². The first-order valence-corrected chi connectivity index (χ1v) is 4.79. The van der Waals surface area contributed by atoms with Crippen molar-refractivity contribution in [1.29, 1.82) is 5.41 Å². The molecule has 0 atom stereocenters. The zero-order valence-corrected chi connectivity index (χ0v) is 9.87. The van der Waals surface area contributed by atoms with Crippen molar-refractivity contribution in [3.8, 4) is 17.2 Å². The lowest BCUT2D eigenvalue weighted by atomic mass is 10.1. The zero-order chi connectivity index (χ0) is 13.0. The highest BCUT2D eigenvalue weighted by molar-refractivity contribution is 5.99. The van der Waals surface area contributed by atoms with Crippen molar-refractivity contribution in [1.82, 2.24) is 0 Å². The summed E-state index contributed by atoms with van der Waals surface area (Å²) >= 11 is 0. The Morgan fingerprint density at radius 1 is 1.24 bits per heavy atom. The number of nitrogen functional groups attached to an aromatic ring is 1. The Hall–Kier alpha value is -2.24. The second-order valence-corrected chi connectivity index (χ2v) is 3.19. The van der Waals surface area contributed by atoms with Gasteiger partial charge in [-0.05, 0) is 12.1 Å². The van der Waals surface area contributed by atoms with Gasteiger partial charge in [0.15, 0.2) is 11.5 Å². The lowest BCUT2D eigenvalue weighted by Crippen LogP contribution is -2.14. The van der Waals surface area contributed by atoms with Gasteiger partial charge in [0.25, 0.3) is 0 Å². The SMILES string of the molecule is COc1c(OC(C)=O)ccc(C(=N)N)c1OC. The number of nitrogens with one attached hydrogen (secondary N) is 1. The first-order chi connectivity index (χ1) is 8.01. The maximum absolute atomic E-state index is 10.9. The van der Waals surface area contributed by atoms with Gasteiger partial charge in [-0.3, -0.25) is 10.2 Å². The van der Waals surface area contributed by atoms with Crippen LogP contribution in [0.4, 0.5) is 0 Å². The van der Waals surface area contributed by atoms with Gasteiger partial charge in [-0.2, -0.15) is 0 Å². The molecule has 0 heterocycles. The molecular weight excluding hydrogens is 224 g/mol. The monoisotopic (exact) mass is 238 g/mol. The number of amidine groups is 1. The minimum Gasteiger partial charge on any atom is -0.492 e. The van der Waals surface area contributed by atoms with Crippen LogP contribution in [0.25, 0.3) is 0 Å². The molecule has 92 valence electrons. The number of rotatable bonds is 4. The second kappa shape index (κ2) is 5.20. The van der Waals surface area contributed by atoms with Gasteiger partial charge in [0.1, 0.15) is 5.84 Å². The normalized spacial score (nSPS) is 9.59. The Morgan fingerprint density at radius 2 is 1.82 bits per heavy atom. The summed E-state index contributed by atoms with van der Waals surface area (Å²) in [6.07, 6.45) is 0. The van der Waals surface area contributed by atoms with Crippen LogP contribution in [0, 0.1) is 5.41 Å². The summed E-state index contributed by atoms with van der Waals surface area (Å²) in [6, 6.07) is 3.03. The molecule has 0 bridgehead atoms. The van der Waals surface area contributed by atoms with E-state index in [1.165, 1.54) is 33.3 Å². The maximum Gasteiger partial charge on any atom is 0.308 e. The molecule has 0 saturated carbocycles. The Morgan fingerprint density at radius 3 is 2.24 bits per heavy atom. The predicted octanol–water partition coefficient (Wildman–Crippen LogP) is 0.913. The van der Waals surface area contributed by atoms with Gasteiger partial charge in [0, 0.05) is 6.92 Å². The molecular formula is C11H14N2O4. The molecule has 0 saturated heterocycles. The first kappa shape index (κ1) is 12.8. The smallest absolute Gasteiger partial charge is 0.308 e. The van der Waals surface area contributed by atoms with Crippen molar-refractivity contribution in [3.05, 3.63) is 17.7 Å². The number of nitrogens with two attached hydrogens (primary N) is 1. The fraction of sp³-hybridized carbons (Fsp3) is 0.273. The van der Waals surface area contributed by atoms with E-state index in [2.05, 4.69) is 0 Å². The number of ether oxygens (including phenoxy) is 3. The van der Waals surface area contributed by atoms with Crippen LogP contribution in [0.15, 0.2) is 12.1 Å². The first-order valence-electron chi connectivity index (χ1n) is 4.79. The minimum absolute atomic E-state index is 0.158. The molecule has 0 aliphatic heterocycles. The molecule has 6 nitrogen and oxygen atoms in total. The second-order valence-electron chi connectivity index (χ2n) is 3.19. The van der Waals surface area contributed by atoms with Crippen molar-refractivity contribution >= 4 is 11.8 Å². The topological polar surface area (TPSA) is 94.6 Å². The Kier molecular flexibility index (Phi) is 3.92. The maximum atomic E-state index is 10.9. The van der Waals surface area contributed by atoms with E-state index in [0.717, 1.165) is 0 Å². The molecule has 1 rings (SSSR count). The fourth-order valence-electron chi connectivity index (χ4n) is 1.39. The molecule has 3 N–H and O–H groups in total. The average molecular weight is 238 g/mol. The van der Waals surface area contributed by atoms with Crippen LogP contribution >= 0.6 is 0 Å². The lowest BCUT2D eigenvalue weighted by Gasteiger charge is -2.14. The van der Waals surface area contributed by atoms with Crippen LogP contribution in [-0.2, 0) is 4.79 Å². The van der Waals surface area contributed by atoms with Crippen LogP contribution in [-0.4, -0.2) is 26.0 Å². The third-order valence-corrected chi connectivity index (χ3v) is 2.03. The van der Waals surface area contributed by atoms with Gasteiger partial charge in [-0.25, -0.2) is 0 Å². The Labute approximate surface area is 98.8 Å². The van der Waals surface area contributed by atoms with Crippen LogP contribution in [0.3, 0.4) is 0 Å². The molecule has 1 aromatic carbocycles. The number of carbonyl (C=O) groups is 1. The number of methoxy groups -OCH3 is 2. The molecule has 6 heteroatoms. The Balaban J connectivity index is 3.37. The third kappa shape index (κ3) is 2.66. The van der Waals surface area contributed by atoms with Crippen molar-refractivity contribution in [2.24, 2.45) is 5.73 Å². The van der Waals surface area contributed by atoms with Gasteiger partial charge in [-0.1, -0.05) is 0 Å². The molecule has 0 fully saturated rings. The average Bonchev–Trinajstić information content (AvgIpc) is 2.26. The highest BCUT2D eigenvalue weighted by Gasteiger charge is 2.18. The highest BCUT2D eigenvalue weighted by Crippen LogP contribution is 2.39. The van der Waals surface area contributed by atoms with Gasteiger partial charge >= 0.3 is 5.97 Å². The van der Waals surface area contributed by atoms with E-state index < -0.39 is 5.97 Å². The molecule has 0 aliphatic rings. The molecule has 1 aromatic rings. The van der Waals surface area contributed by atoms with E-state index in [9.17, 15) is 4.79 Å². The fourth-order valence-corrected chi connectivity index (χ4v) is 1.39. The molecule has 17 heavy (non-hydrogen) atoms. The van der Waals surface area contributed by atoms with Gasteiger partial charge < -0.3 is 19.9 Å².